The first-order valence-electron chi connectivity index (χ1n) is 3.31. The molecule has 0 atom stereocenters. The minimum atomic E-state index is 0.447. The summed E-state index contributed by atoms with van der Waals surface area (Å²) in [6, 6.07) is 3.38. The SMILES string of the molecule is Nc1ccnc(-c2nn[nH]n2)c1. The molecule has 0 saturated carbocycles. The third kappa shape index (κ3) is 1.09. The Morgan fingerprint density at radius 1 is 1.42 bits per heavy atom. The fourth-order valence-corrected chi connectivity index (χ4v) is 0.839. The number of H-pyrrole nitrogens is 1. The molecule has 2 aromatic heterocycles. The highest BCUT2D eigenvalue weighted by atomic mass is 15.5. The number of tetrazole rings is 1. The van der Waals surface area contributed by atoms with Crippen molar-refractivity contribution in [2.45, 2.75) is 0 Å². The number of anilines is 1. The van der Waals surface area contributed by atoms with Crippen LogP contribution in [0.1, 0.15) is 0 Å². The Morgan fingerprint density at radius 2 is 2.33 bits per heavy atom. The normalized spacial score (nSPS) is 10.0. The van der Waals surface area contributed by atoms with Crippen LogP contribution < -0.4 is 5.73 Å². The van der Waals surface area contributed by atoms with Crippen molar-refractivity contribution in [3.63, 3.8) is 0 Å². The van der Waals surface area contributed by atoms with Crippen molar-refractivity contribution in [3.8, 4) is 11.5 Å². The van der Waals surface area contributed by atoms with E-state index in [1.807, 2.05) is 0 Å². The van der Waals surface area contributed by atoms with Crippen LogP contribution >= 0.6 is 0 Å². The van der Waals surface area contributed by atoms with Crippen molar-refractivity contribution in [3.05, 3.63) is 18.3 Å². The summed E-state index contributed by atoms with van der Waals surface area (Å²) in [4.78, 5) is 4.02. The number of nitrogen functional groups attached to an aromatic ring is 1. The minimum absolute atomic E-state index is 0.447. The second-order valence-corrected chi connectivity index (χ2v) is 2.21. The number of hydrogen-bond donors (Lipinski definition) is 2. The van der Waals surface area contributed by atoms with Gasteiger partial charge in [-0.3, -0.25) is 4.98 Å². The van der Waals surface area contributed by atoms with Crippen LogP contribution in [0.15, 0.2) is 18.3 Å². The van der Waals surface area contributed by atoms with Crippen molar-refractivity contribution in [1.82, 2.24) is 25.6 Å². The van der Waals surface area contributed by atoms with Crippen molar-refractivity contribution in [1.29, 1.82) is 0 Å². The summed E-state index contributed by atoms with van der Waals surface area (Å²) in [7, 11) is 0. The second-order valence-electron chi connectivity index (χ2n) is 2.21. The molecule has 2 aromatic rings. The maximum absolute atomic E-state index is 5.54. The van der Waals surface area contributed by atoms with Gasteiger partial charge in [-0.05, 0) is 17.3 Å². The molecule has 0 aliphatic rings. The van der Waals surface area contributed by atoms with E-state index in [9.17, 15) is 0 Å². The third-order valence-electron chi connectivity index (χ3n) is 1.36. The molecule has 0 aliphatic heterocycles. The molecule has 3 N–H and O–H groups in total. The fourth-order valence-electron chi connectivity index (χ4n) is 0.839. The molecule has 0 aliphatic carbocycles. The minimum Gasteiger partial charge on any atom is -0.399 e. The van der Waals surface area contributed by atoms with Crippen molar-refractivity contribution < 1.29 is 0 Å². The number of hydrogen-bond acceptors (Lipinski definition) is 5. The van der Waals surface area contributed by atoms with Crippen molar-refractivity contribution in [2.24, 2.45) is 0 Å². The third-order valence-corrected chi connectivity index (χ3v) is 1.36. The number of aromatic nitrogens is 5. The van der Waals surface area contributed by atoms with E-state index in [4.69, 9.17) is 5.73 Å². The first-order valence-corrected chi connectivity index (χ1v) is 3.31. The average Bonchev–Trinajstić information content (AvgIpc) is 2.56. The number of nitrogens with zero attached hydrogens (tertiary/aromatic N) is 4. The maximum atomic E-state index is 5.54. The van der Waals surface area contributed by atoms with Crippen LogP contribution in [0.4, 0.5) is 5.69 Å². The lowest BCUT2D eigenvalue weighted by atomic mass is 10.3. The zero-order valence-corrected chi connectivity index (χ0v) is 6.10. The lowest BCUT2D eigenvalue weighted by molar-refractivity contribution is 0.881. The molecule has 0 aromatic carbocycles. The van der Waals surface area contributed by atoms with Gasteiger partial charge in [0.15, 0.2) is 0 Å². The Balaban J connectivity index is 2.48. The van der Waals surface area contributed by atoms with E-state index in [1.165, 1.54) is 0 Å². The zero-order chi connectivity index (χ0) is 8.39. The maximum Gasteiger partial charge on any atom is 0.223 e. The van der Waals surface area contributed by atoms with Gasteiger partial charge in [-0.25, -0.2) is 0 Å². The lowest BCUT2D eigenvalue weighted by Crippen LogP contribution is -1.89. The van der Waals surface area contributed by atoms with Crippen LogP contribution in [0, 0.1) is 0 Å². The van der Waals surface area contributed by atoms with E-state index in [-0.39, 0.29) is 0 Å². The Bertz CT molecular complexity index is 367. The van der Waals surface area contributed by atoms with Gasteiger partial charge in [-0.1, -0.05) is 0 Å². The van der Waals surface area contributed by atoms with E-state index < -0.39 is 0 Å². The van der Waals surface area contributed by atoms with Crippen LogP contribution in [0.25, 0.3) is 11.5 Å². The molecule has 12 heavy (non-hydrogen) atoms. The van der Waals surface area contributed by atoms with Gasteiger partial charge in [-0.15, -0.1) is 10.2 Å². The molecule has 0 amide bonds. The second kappa shape index (κ2) is 2.57. The van der Waals surface area contributed by atoms with Crippen LogP contribution in [0.3, 0.4) is 0 Å². The molecule has 0 bridgehead atoms. The Hall–Kier alpha value is -1.98. The molecule has 0 radical (unpaired) electrons. The number of aromatic amines is 1. The largest absolute Gasteiger partial charge is 0.399 e. The zero-order valence-electron chi connectivity index (χ0n) is 6.10. The summed E-state index contributed by atoms with van der Waals surface area (Å²) < 4.78 is 0. The first kappa shape index (κ1) is 6.71. The quantitative estimate of drug-likeness (QED) is 0.607. The summed E-state index contributed by atoms with van der Waals surface area (Å²) in [6.07, 6.45) is 1.60. The van der Waals surface area contributed by atoms with Gasteiger partial charge in [0.2, 0.25) is 5.82 Å². The van der Waals surface area contributed by atoms with Crippen LogP contribution in [-0.4, -0.2) is 25.6 Å². The molecular formula is C6H6N6. The Labute approximate surface area is 67.8 Å². The van der Waals surface area contributed by atoms with Gasteiger partial charge in [-0.2, -0.15) is 5.21 Å². The predicted molar refractivity (Wildman–Crippen MR) is 41.8 cm³/mol. The van der Waals surface area contributed by atoms with E-state index in [1.54, 1.807) is 18.3 Å². The van der Waals surface area contributed by atoms with Gasteiger partial charge in [0.25, 0.3) is 0 Å². The number of nitrogens with two attached hydrogens (primary N) is 1. The molecule has 0 saturated heterocycles. The van der Waals surface area contributed by atoms with Gasteiger partial charge in [0, 0.05) is 11.9 Å². The summed E-state index contributed by atoms with van der Waals surface area (Å²) in [5, 5.41) is 13.3. The highest BCUT2D eigenvalue weighted by Crippen LogP contribution is 2.11. The summed E-state index contributed by atoms with van der Waals surface area (Å²) in [5.41, 5.74) is 6.78. The van der Waals surface area contributed by atoms with E-state index in [0.717, 1.165) is 0 Å². The highest BCUT2D eigenvalue weighted by molar-refractivity contribution is 5.54. The van der Waals surface area contributed by atoms with E-state index in [2.05, 4.69) is 25.6 Å². The topological polar surface area (TPSA) is 93.4 Å². The molecule has 0 spiro atoms. The molecule has 2 heterocycles. The van der Waals surface area contributed by atoms with Crippen LogP contribution in [0.5, 0.6) is 0 Å². The highest BCUT2D eigenvalue weighted by Gasteiger charge is 2.02. The average molecular weight is 162 g/mol. The predicted octanol–water partition coefficient (Wildman–Crippen LogP) is -0.156. The van der Waals surface area contributed by atoms with Gasteiger partial charge in [0.05, 0.1) is 0 Å². The summed E-state index contributed by atoms with van der Waals surface area (Å²) in [6.45, 7) is 0. The van der Waals surface area contributed by atoms with E-state index in [0.29, 0.717) is 17.2 Å². The number of pyridine rings is 1. The van der Waals surface area contributed by atoms with Gasteiger partial charge >= 0.3 is 0 Å². The van der Waals surface area contributed by atoms with Crippen molar-refractivity contribution in [2.75, 3.05) is 5.73 Å². The molecule has 0 fully saturated rings. The van der Waals surface area contributed by atoms with Gasteiger partial charge < -0.3 is 5.73 Å². The Kier molecular flexibility index (Phi) is 1.44. The standard InChI is InChI=1S/C6H6N6/c7-4-1-2-8-5(3-4)6-9-11-12-10-6/h1-3H,(H2,7,8)(H,9,10,11,12). The monoisotopic (exact) mass is 162 g/mol. The molecule has 0 unspecified atom stereocenters. The lowest BCUT2D eigenvalue weighted by Gasteiger charge is -1.93. The van der Waals surface area contributed by atoms with Gasteiger partial charge in [0.1, 0.15) is 5.69 Å². The molecule has 6 heteroatoms. The molecular weight excluding hydrogens is 156 g/mol. The van der Waals surface area contributed by atoms with Crippen molar-refractivity contribution >= 4 is 5.69 Å². The van der Waals surface area contributed by atoms with Crippen LogP contribution in [-0.2, 0) is 0 Å². The fraction of sp³-hybridized carbons (Fsp3) is 0. The first-order chi connectivity index (χ1) is 5.86. The summed E-state index contributed by atoms with van der Waals surface area (Å²) >= 11 is 0. The smallest absolute Gasteiger partial charge is 0.223 e. The molecule has 60 valence electrons. The number of rotatable bonds is 1. The van der Waals surface area contributed by atoms with E-state index >= 15 is 0 Å². The number of nitrogens with one attached hydrogen (secondary N) is 1. The molecule has 6 nitrogen and oxygen atoms in total. The summed E-state index contributed by atoms with van der Waals surface area (Å²) in [5.74, 6) is 0.447. The van der Waals surface area contributed by atoms with Crippen LogP contribution in [0.2, 0.25) is 0 Å². The molecule has 2 rings (SSSR count). The Morgan fingerprint density at radius 3 is 3.00 bits per heavy atom.